The van der Waals surface area contributed by atoms with E-state index in [0.29, 0.717) is 11.1 Å². The van der Waals surface area contributed by atoms with E-state index < -0.39 is 5.97 Å². The Bertz CT molecular complexity index is 529. The first kappa shape index (κ1) is 14.6. The summed E-state index contributed by atoms with van der Waals surface area (Å²) in [6.45, 7) is 2.78. The lowest BCUT2D eigenvalue weighted by Crippen LogP contribution is -2.25. The van der Waals surface area contributed by atoms with Gasteiger partial charge in [0.25, 0.3) is 0 Å². The molecule has 0 aliphatic rings. The van der Waals surface area contributed by atoms with Crippen LogP contribution >= 0.6 is 0 Å². The highest BCUT2D eigenvalue weighted by atomic mass is 16.5. The Labute approximate surface area is 111 Å². The molecule has 0 radical (unpaired) electrons. The van der Waals surface area contributed by atoms with Gasteiger partial charge in [0.2, 0.25) is 5.91 Å². The van der Waals surface area contributed by atoms with Crippen LogP contribution in [0.4, 0.5) is 0 Å². The smallest absolute Gasteiger partial charge is 0.354 e. The first-order valence-electron chi connectivity index (χ1n) is 5.62. The second-order valence-electron chi connectivity index (χ2n) is 3.91. The molecule has 0 saturated heterocycles. The van der Waals surface area contributed by atoms with Gasteiger partial charge in [0.1, 0.15) is 5.70 Å². The Balaban J connectivity index is 3.03. The van der Waals surface area contributed by atoms with Crippen molar-refractivity contribution in [1.29, 1.82) is 0 Å². The summed E-state index contributed by atoms with van der Waals surface area (Å²) in [7, 11) is 1.23. The third-order valence-electron chi connectivity index (χ3n) is 2.34. The molecule has 1 aromatic rings. The Morgan fingerprint density at radius 3 is 2.11 bits per heavy atom. The molecule has 1 rings (SSSR count). The maximum absolute atomic E-state index is 11.5. The lowest BCUT2D eigenvalue weighted by Gasteiger charge is -2.06. The Kier molecular flexibility index (Phi) is 5.00. The van der Waals surface area contributed by atoms with Crippen LogP contribution in [0.5, 0.6) is 0 Å². The lowest BCUT2D eigenvalue weighted by molar-refractivity contribution is -0.137. The Morgan fingerprint density at radius 1 is 1.11 bits per heavy atom. The van der Waals surface area contributed by atoms with Crippen molar-refractivity contribution in [2.45, 2.75) is 13.8 Å². The van der Waals surface area contributed by atoms with Gasteiger partial charge >= 0.3 is 5.97 Å². The highest BCUT2D eigenvalue weighted by Gasteiger charge is 2.11. The summed E-state index contributed by atoms with van der Waals surface area (Å²) < 4.78 is 4.57. The predicted molar refractivity (Wildman–Crippen MR) is 70.3 cm³/mol. The third kappa shape index (κ3) is 4.39. The Hall–Kier alpha value is -2.43. The van der Waals surface area contributed by atoms with Crippen LogP contribution < -0.4 is 5.32 Å². The van der Waals surface area contributed by atoms with Gasteiger partial charge < -0.3 is 10.1 Å². The first-order chi connectivity index (χ1) is 8.93. The molecule has 1 N–H and O–H groups in total. The summed E-state index contributed by atoms with van der Waals surface area (Å²) in [5.74, 6) is -1.03. The summed E-state index contributed by atoms with van der Waals surface area (Å²) in [5, 5.41) is 2.40. The molecule has 5 nitrogen and oxygen atoms in total. The predicted octanol–water partition coefficient (Wildman–Crippen LogP) is 1.54. The van der Waals surface area contributed by atoms with Gasteiger partial charge in [-0.2, -0.15) is 0 Å². The monoisotopic (exact) mass is 261 g/mol. The molecular formula is C14H15NO4. The number of nitrogens with one attached hydrogen (secondary N) is 1. The number of rotatable bonds is 4. The summed E-state index contributed by atoms with van der Waals surface area (Å²) >= 11 is 0. The van der Waals surface area contributed by atoms with Crippen LogP contribution in [0.2, 0.25) is 0 Å². The number of hydrogen-bond donors (Lipinski definition) is 1. The van der Waals surface area contributed by atoms with Crippen molar-refractivity contribution in [3.63, 3.8) is 0 Å². The van der Waals surface area contributed by atoms with Crippen LogP contribution in [0.3, 0.4) is 0 Å². The summed E-state index contributed by atoms with van der Waals surface area (Å²) in [5.41, 5.74) is 1.31. The van der Waals surface area contributed by atoms with Crippen molar-refractivity contribution in [3.8, 4) is 0 Å². The number of amides is 1. The molecular weight excluding hydrogens is 246 g/mol. The van der Waals surface area contributed by atoms with E-state index in [-0.39, 0.29) is 17.4 Å². The maximum Gasteiger partial charge on any atom is 0.354 e. The molecule has 19 heavy (non-hydrogen) atoms. The number of esters is 1. The molecule has 0 aliphatic carbocycles. The zero-order chi connectivity index (χ0) is 14.4. The molecule has 0 saturated carbocycles. The molecule has 0 fully saturated rings. The second kappa shape index (κ2) is 6.49. The van der Waals surface area contributed by atoms with Crippen LogP contribution in [0.15, 0.2) is 30.0 Å². The molecule has 1 aromatic carbocycles. The zero-order valence-corrected chi connectivity index (χ0v) is 11.0. The van der Waals surface area contributed by atoms with Crippen molar-refractivity contribution < 1.29 is 19.1 Å². The van der Waals surface area contributed by atoms with E-state index in [1.165, 1.54) is 27.0 Å². The maximum atomic E-state index is 11.5. The molecule has 0 unspecified atom stereocenters. The van der Waals surface area contributed by atoms with Gasteiger partial charge in [-0.3, -0.25) is 9.59 Å². The number of ether oxygens (including phenoxy) is 1. The van der Waals surface area contributed by atoms with E-state index in [4.69, 9.17) is 0 Å². The van der Waals surface area contributed by atoms with Gasteiger partial charge in [0.15, 0.2) is 5.78 Å². The number of carbonyl (C=O) groups is 3. The second-order valence-corrected chi connectivity index (χ2v) is 3.91. The van der Waals surface area contributed by atoms with Crippen molar-refractivity contribution in [2.24, 2.45) is 0 Å². The summed E-state index contributed by atoms with van der Waals surface area (Å²) in [6, 6.07) is 6.66. The van der Waals surface area contributed by atoms with Crippen molar-refractivity contribution in [2.75, 3.05) is 7.11 Å². The molecule has 100 valence electrons. The molecule has 1 amide bonds. The fourth-order valence-corrected chi connectivity index (χ4v) is 1.43. The zero-order valence-electron chi connectivity index (χ0n) is 11.0. The van der Waals surface area contributed by atoms with Crippen molar-refractivity contribution >= 4 is 23.7 Å². The standard InChI is InChI=1S/C14H15NO4/c1-9(16)12-6-4-11(5-7-12)8-13(14(18)19-3)15-10(2)17/h4-8H,1-3H3,(H,15,17)/b13-8-. The number of hydrogen-bond acceptors (Lipinski definition) is 4. The average molecular weight is 261 g/mol. The fraction of sp³-hybridized carbons (Fsp3) is 0.214. The largest absolute Gasteiger partial charge is 0.464 e. The van der Waals surface area contributed by atoms with E-state index in [1.54, 1.807) is 24.3 Å². The minimum absolute atomic E-state index is 0.0365. The summed E-state index contributed by atoms with van der Waals surface area (Å²) in [4.78, 5) is 33.6. The van der Waals surface area contributed by atoms with Gasteiger partial charge in [0, 0.05) is 12.5 Å². The van der Waals surface area contributed by atoms with E-state index in [0.717, 1.165) is 0 Å². The summed E-state index contributed by atoms with van der Waals surface area (Å²) in [6.07, 6.45) is 1.48. The van der Waals surface area contributed by atoms with Gasteiger partial charge in [-0.25, -0.2) is 4.79 Å². The minimum atomic E-state index is -0.633. The molecule has 0 aliphatic heterocycles. The van der Waals surface area contributed by atoms with E-state index in [9.17, 15) is 14.4 Å². The topological polar surface area (TPSA) is 72.5 Å². The van der Waals surface area contributed by atoms with Crippen molar-refractivity contribution in [3.05, 3.63) is 41.1 Å². The van der Waals surface area contributed by atoms with Crippen LogP contribution in [0, 0.1) is 0 Å². The van der Waals surface area contributed by atoms with E-state index in [2.05, 4.69) is 10.1 Å². The normalized spacial score (nSPS) is 10.8. The first-order valence-corrected chi connectivity index (χ1v) is 5.62. The number of Topliss-reactive ketones (excluding diaryl/α,β-unsaturated/α-hetero) is 1. The molecule has 5 heteroatoms. The minimum Gasteiger partial charge on any atom is -0.464 e. The van der Waals surface area contributed by atoms with Crippen molar-refractivity contribution in [1.82, 2.24) is 5.32 Å². The Morgan fingerprint density at radius 2 is 1.68 bits per heavy atom. The molecule has 0 bridgehead atoms. The molecule has 0 heterocycles. The van der Waals surface area contributed by atoms with E-state index >= 15 is 0 Å². The highest BCUT2D eigenvalue weighted by Crippen LogP contribution is 2.09. The quantitative estimate of drug-likeness (QED) is 0.507. The van der Waals surface area contributed by atoms with Gasteiger partial charge in [-0.1, -0.05) is 24.3 Å². The van der Waals surface area contributed by atoms with E-state index in [1.807, 2.05) is 0 Å². The fourth-order valence-electron chi connectivity index (χ4n) is 1.43. The SMILES string of the molecule is COC(=O)/C(=C/c1ccc(C(C)=O)cc1)NC(C)=O. The average Bonchev–Trinajstić information content (AvgIpc) is 2.37. The number of benzene rings is 1. The van der Waals surface area contributed by atoms with Gasteiger partial charge in [-0.15, -0.1) is 0 Å². The van der Waals surface area contributed by atoms with Gasteiger partial charge in [0.05, 0.1) is 7.11 Å². The molecule has 0 aromatic heterocycles. The molecule has 0 atom stereocenters. The number of methoxy groups -OCH3 is 1. The van der Waals surface area contributed by atoms with Crippen LogP contribution in [-0.2, 0) is 14.3 Å². The van der Waals surface area contributed by atoms with Gasteiger partial charge in [-0.05, 0) is 18.6 Å². The number of ketones is 1. The van der Waals surface area contributed by atoms with Crippen LogP contribution in [0.25, 0.3) is 6.08 Å². The van der Waals surface area contributed by atoms with Crippen LogP contribution in [0.1, 0.15) is 29.8 Å². The third-order valence-corrected chi connectivity index (χ3v) is 2.34. The highest BCUT2D eigenvalue weighted by molar-refractivity contribution is 5.98. The van der Waals surface area contributed by atoms with Crippen LogP contribution in [-0.4, -0.2) is 24.8 Å². The number of carbonyl (C=O) groups excluding carboxylic acids is 3. The molecule has 0 spiro atoms. The lowest BCUT2D eigenvalue weighted by atomic mass is 10.1.